The maximum atomic E-state index is 13.2. The highest BCUT2D eigenvalue weighted by atomic mass is 32.1. The highest BCUT2D eigenvalue weighted by Crippen LogP contribution is 2.33. The molecule has 2 aliphatic heterocycles. The van der Waals surface area contributed by atoms with Crippen molar-refractivity contribution in [3.63, 3.8) is 0 Å². The Bertz CT molecular complexity index is 871. The molecule has 2 atom stereocenters. The summed E-state index contributed by atoms with van der Waals surface area (Å²) in [5, 5.41) is 8.87. The summed E-state index contributed by atoms with van der Waals surface area (Å²) in [4.78, 5) is 26.7. The van der Waals surface area contributed by atoms with Crippen molar-refractivity contribution >= 4 is 25.3 Å². The van der Waals surface area contributed by atoms with Crippen molar-refractivity contribution in [1.29, 1.82) is 0 Å². The van der Waals surface area contributed by atoms with Crippen LogP contribution in [0.1, 0.15) is 40.4 Å². The summed E-state index contributed by atoms with van der Waals surface area (Å²) in [6.45, 7) is 1.22. The molecule has 4 rings (SSSR count). The van der Waals surface area contributed by atoms with E-state index in [1.165, 1.54) is 0 Å². The minimum atomic E-state index is -0.609. The Morgan fingerprint density at radius 1 is 1.14 bits per heavy atom. The van der Waals surface area contributed by atoms with Crippen LogP contribution in [0.3, 0.4) is 0 Å². The van der Waals surface area contributed by atoms with E-state index in [0.717, 1.165) is 24.0 Å². The molecule has 1 unspecified atom stereocenters. The number of rotatable bonds is 3. The number of hydroxylamine groups is 1. The Hall–Kier alpha value is -2.55. The van der Waals surface area contributed by atoms with Crippen LogP contribution in [-0.4, -0.2) is 41.2 Å². The van der Waals surface area contributed by atoms with E-state index < -0.39 is 12.0 Å². The van der Waals surface area contributed by atoms with Gasteiger partial charge in [-0.2, -0.15) is 13.5 Å². The average Bonchev–Trinajstić information content (AvgIpc) is 3.21. The molecule has 2 N–H and O–H groups in total. The van der Waals surface area contributed by atoms with Gasteiger partial charge in [0.2, 0.25) is 0 Å². The molecule has 0 spiro atoms. The molecule has 0 radical (unpaired) electrons. The molecule has 2 aliphatic rings. The molecular formula is C21H24N2O5S. The summed E-state index contributed by atoms with van der Waals surface area (Å²) >= 11 is 0. The van der Waals surface area contributed by atoms with Crippen LogP contribution < -0.4 is 10.2 Å². The molecule has 2 aromatic rings. The van der Waals surface area contributed by atoms with E-state index in [-0.39, 0.29) is 37.6 Å². The van der Waals surface area contributed by atoms with Crippen molar-refractivity contribution < 1.29 is 24.3 Å². The Morgan fingerprint density at radius 2 is 1.93 bits per heavy atom. The van der Waals surface area contributed by atoms with Gasteiger partial charge in [-0.3, -0.25) is 14.8 Å². The van der Waals surface area contributed by atoms with Gasteiger partial charge < -0.3 is 14.4 Å². The van der Waals surface area contributed by atoms with Crippen LogP contribution >= 0.6 is 13.5 Å². The lowest BCUT2D eigenvalue weighted by Gasteiger charge is -2.31. The van der Waals surface area contributed by atoms with E-state index in [1.807, 2.05) is 35.2 Å². The van der Waals surface area contributed by atoms with Gasteiger partial charge in [-0.05, 0) is 30.5 Å². The molecule has 7 nitrogen and oxygen atoms in total. The van der Waals surface area contributed by atoms with Gasteiger partial charge in [-0.15, -0.1) is 0 Å². The molecule has 0 aromatic heterocycles. The number of benzene rings is 2. The van der Waals surface area contributed by atoms with Crippen LogP contribution in [0.25, 0.3) is 0 Å². The van der Waals surface area contributed by atoms with E-state index in [1.54, 1.807) is 23.7 Å². The topological polar surface area (TPSA) is 88.1 Å². The monoisotopic (exact) mass is 416 g/mol. The molecule has 1 saturated heterocycles. The quantitative estimate of drug-likeness (QED) is 0.593. The lowest BCUT2D eigenvalue weighted by Crippen LogP contribution is -2.41. The van der Waals surface area contributed by atoms with Crippen LogP contribution in [0.4, 0.5) is 0 Å². The number of nitrogens with one attached hydrogen (secondary N) is 1. The number of amides is 2. The number of fused-ring (bicyclic) bond motifs is 1. The van der Waals surface area contributed by atoms with Gasteiger partial charge in [-0.25, -0.2) is 5.48 Å². The van der Waals surface area contributed by atoms with Crippen molar-refractivity contribution in [3.8, 4) is 5.75 Å². The van der Waals surface area contributed by atoms with Crippen LogP contribution in [0.2, 0.25) is 0 Å². The van der Waals surface area contributed by atoms with Crippen molar-refractivity contribution in [1.82, 2.24) is 10.4 Å². The van der Waals surface area contributed by atoms with Crippen molar-refractivity contribution in [2.45, 2.75) is 31.5 Å². The molecule has 0 saturated carbocycles. The number of hydrogen-bond acceptors (Lipinski definition) is 5. The molecule has 2 amide bonds. The van der Waals surface area contributed by atoms with Crippen LogP contribution in [-0.2, 0) is 16.1 Å². The number of ether oxygens (including phenoxy) is 2. The van der Waals surface area contributed by atoms with Gasteiger partial charge in [0, 0.05) is 17.7 Å². The zero-order chi connectivity index (χ0) is 19.5. The van der Waals surface area contributed by atoms with Crippen LogP contribution in [0.5, 0.6) is 5.75 Å². The van der Waals surface area contributed by atoms with Crippen molar-refractivity contribution in [2.24, 2.45) is 0 Å². The molecule has 0 aliphatic carbocycles. The molecule has 1 fully saturated rings. The van der Waals surface area contributed by atoms with Crippen LogP contribution in [0, 0.1) is 0 Å². The predicted molar refractivity (Wildman–Crippen MR) is 110 cm³/mol. The fourth-order valence-electron chi connectivity index (χ4n) is 3.72. The van der Waals surface area contributed by atoms with Gasteiger partial charge in [0.1, 0.15) is 18.5 Å². The fourth-order valence-corrected chi connectivity index (χ4v) is 3.72. The average molecular weight is 416 g/mol. The van der Waals surface area contributed by atoms with Crippen molar-refractivity contribution in [3.05, 3.63) is 65.2 Å². The SMILES string of the molecule is O=C(NO)c1ccc2c(c1)OC[C@H](c1ccccc1)N(C(=O)C1CCCO1)C2.S. The van der Waals surface area contributed by atoms with E-state index in [2.05, 4.69) is 0 Å². The van der Waals surface area contributed by atoms with Crippen molar-refractivity contribution in [2.75, 3.05) is 13.2 Å². The normalized spacial score (nSPS) is 20.7. The van der Waals surface area contributed by atoms with E-state index in [4.69, 9.17) is 14.7 Å². The number of carbonyl (C=O) groups excluding carboxylic acids is 2. The van der Waals surface area contributed by atoms with E-state index in [0.29, 0.717) is 18.9 Å². The fraction of sp³-hybridized carbons (Fsp3) is 0.333. The Balaban J connectivity index is 0.00000240. The van der Waals surface area contributed by atoms with Crippen LogP contribution in [0.15, 0.2) is 48.5 Å². The zero-order valence-corrected chi connectivity index (χ0v) is 16.8. The first-order valence-corrected chi connectivity index (χ1v) is 9.34. The summed E-state index contributed by atoms with van der Waals surface area (Å²) in [5.74, 6) is -0.118. The first kappa shape index (κ1) is 21.2. The number of nitrogens with zero attached hydrogens (tertiary/aromatic N) is 1. The Labute approximate surface area is 176 Å². The lowest BCUT2D eigenvalue weighted by atomic mass is 10.0. The Kier molecular flexibility index (Phi) is 6.79. The zero-order valence-electron chi connectivity index (χ0n) is 15.8. The smallest absolute Gasteiger partial charge is 0.274 e. The minimum absolute atomic E-state index is 0. The molecule has 29 heavy (non-hydrogen) atoms. The van der Waals surface area contributed by atoms with Gasteiger partial charge >= 0.3 is 0 Å². The second-order valence-electron chi connectivity index (χ2n) is 6.97. The number of carbonyl (C=O) groups is 2. The third kappa shape index (κ3) is 4.39. The third-order valence-corrected chi connectivity index (χ3v) is 5.22. The summed E-state index contributed by atoms with van der Waals surface area (Å²) in [6.07, 6.45) is 1.18. The van der Waals surface area contributed by atoms with E-state index in [9.17, 15) is 9.59 Å². The van der Waals surface area contributed by atoms with Gasteiger partial charge in [0.05, 0.1) is 12.6 Å². The minimum Gasteiger partial charge on any atom is -0.491 e. The van der Waals surface area contributed by atoms with Gasteiger partial charge in [0.25, 0.3) is 11.8 Å². The lowest BCUT2D eigenvalue weighted by molar-refractivity contribution is -0.144. The summed E-state index contributed by atoms with van der Waals surface area (Å²) in [7, 11) is 0. The maximum absolute atomic E-state index is 13.2. The molecule has 2 heterocycles. The summed E-state index contributed by atoms with van der Waals surface area (Å²) in [5.41, 5.74) is 3.70. The molecule has 0 bridgehead atoms. The standard InChI is InChI=1S/C21H22N2O5.H2S/c24-20(22-26)15-8-9-16-12-23(21(25)18-7-4-10-27-18)17(13-28-19(16)11-15)14-5-2-1-3-6-14;/h1-3,5-6,8-9,11,17-18,26H,4,7,10,12-13H2,(H,22,24);1H2/t17-,18?;/m1./s1. The highest BCUT2D eigenvalue weighted by molar-refractivity contribution is 7.59. The second-order valence-corrected chi connectivity index (χ2v) is 6.97. The van der Waals surface area contributed by atoms with Gasteiger partial charge in [-0.1, -0.05) is 36.4 Å². The predicted octanol–water partition coefficient (Wildman–Crippen LogP) is 2.56. The first-order chi connectivity index (χ1) is 13.7. The largest absolute Gasteiger partial charge is 0.491 e. The molecule has 8 heteroatoms. The molecule has 154 valence electrons. The molecule has 2 aromatic carbocycles. The van der Waals surface area contributed by atoms with E-state index >= 15 is 0 Å². The number of hydrogen-bond donors (Lipinski definition) is 2. The maximum Gasteiger partial charge on any atom is 0.274 e. The third-order valence-electron chi connectivity index (χ3n) is 5.22. The second kappa shape index (κ2) is 9.30. The first-order valence-electron chi connectivity index (χ1n) is 9.34. The Morgan fingerprint density at radius 3 is 2.62 bits per heavy atom. The highest BCUT2D eigenvalue weighted by Gasteiger charge is 2.35. The van der Waals surface area contributed by atoms with Gasteiger partial charge in [0.15, 0.2) is 0 Å². The summed E-state index contributed by atoms with van der Waals surface area (Å²) in [6, 6.07) is 14.4. The summed E-state index contributed by atoms with van der Waals surface area (Å²) < 4.78 is 11.6. The molecular weight excluding hydrogens is 392 g/mol.